The molecule has 3 atom stereocenters. The first-order chi connectivity index (χ1) is 8.45. The predicted octanol–water partition coefficient (Wildman–Crippen LogP) is 2.22. The van der Waals surface area contributed by atoms with E-state index in [1.165, 1.54) is 4.90 Å². The Bertz CT molecular complexity index is 332. The Labute approximate surface area is 115 Å². The minimum atomic E-state index is -0.0276. The lowest BCUT2D eigenvalue weighted by molar-refractivity contribution is -0.141. The van der Waals surface area contributed by atoms with E-state index < -0.39 is 0 Å². The molecular formula is C14H23NO2S. The molecular weight excluding hydrogens is 246 g/mol. The van der Waals surface area contributed by atoms with Crippen LogP contribution in [0.3, 0.4) is 0 Å². The van der Waals surface area contributed by atoms with E-state index >= 15 is 0 Å². The highest BCUT2D eigenvalue weighted by Crippen LogP contribution is 2.43. The SMILES string of the molecule is CC1CC2C(=O)N(CC(CS)C(C)C)C(=O)C2C1. The third-order valence-corrected chi connectivity index (χ3v) is 5.03. The maximum atomic E-state index is 12.3. The zero-order valence-corrected chi connectivity index (χ0v) is 12.3. The van der Waals surface area contributed by atoms with Crippen LogP contribution in [0.5, 0.6) is 0 Å². The van der Waals surface area contributed by atoms with Crippen molar-refractivity contribution in [2.45, 2.75) is 33.6 Å². The molecule has 0 aromatic rings. The molecule has 0 radical (unpaired) electrons. The summed E-state index contributed by atoms with van der Waals surface area (Å²) in [5.74, 6) is 2.07. The number of likely N-dealkylation sites (tertiary alicyclic amines) is 1. The lowest BCUT2D eigenvalue weighted by Crippen LogP contribution is -2.38. The van der Waals surface area contributed by atoms with E-state index in [4.69, 9.17) is 0 Å². The first kappa shape index (κ1) is 13.9. The summed E-state index contributed by atoms with van der Waals surface area (Å²) in [6.45, 7) is 6.93. The third-order valence-electron chi connectivity index (χ3n) is 4.56. The Morgan fingerprint density at radius 3 is 2.11 bits per heavy atom. The van der Waals surface area contributed by atoms with Crippen LogP contribution in [0.1, 0.15) is 33.6 Å². The average Bonchev–Trinajstić information content (AvgIpc) is 2.78. The lowest BCUT2D eigenvalue weighted by Gasteiger charge is -2.25. The normalized spacial score (nSPS) is 33.4. The highest BCUT2D eigenvalue weighted by molar-refractivity contribution is 7.80. The molecule has 2 fully saturated rings. The van der Waals surface area contributed by atoms with Crippen molar-refractivity contribution in [3.63, 3.8) is 0 Å². The summed E-state index contributed by atoms with van der Waals surface area (Å²) in [5.41, 5.74) is 0. The standard InChI is InChI=1S/C14H23NO2S/c1-8(2)10(7-18)6-15-13(16)11-4-9(3)5-12(11)14(15)17/h8-12,18H,4-7H2,1-3H3. The quantitative estimate of drug-likeness (QED) is 0.627. The number of carbonyl (C=O) groups is 2. The summed E-state index contributed by atoms with van der Waals surface area (Å²) >= 11 is 4.33. The average molecular weight is 269 g/mol. The predicted molar refractivity (Wildman–Crippen MR) is 74.3 cm³/mol. The van der Waals surface area contributed by atoms with Gasteiger partial charge >= 0.3 is 0 Å². The molecule has 0 aromatic carbocycles. The van der Waals surface area contributed by atoms with Gasteiger partial charge in [0.1, 0.15) is 0 Å². The molecule has 2 aliphatic rings. The van der Waals surface area contributed by atoms with Gasteiger partial charge < -0.3 is 0 Å². The van der Waals surface area contributed by atoms with E-state index in [2.05, 4.69) is 33.4 Å². The maximum Gasteiger partial charge on any atom is 0.233 e. The molecule has 18 heavy (non-hydrogen) atoms. The molecule has 2 amide bonds. The van der Waals surface area contributed by atoms with Gasteiger partial charge in [0.25, 0.3) is 0 Å². The zero-order valence-electron chi connectivity index (χ0n) is 11.4. The van der Waals surface area contributed by atoms with Crippen LogP contribution in [0.2, 0.25) is 0 Å². The number of nitrogens with zero attached hydrogens (tertiary/aromatic N) is 1. The molecule has 0 aromatic heterocycles. The summed E-state index contributed by atoms with van der Waals surface area (Å²) in [6.07, 6.45) is 1.78. The van der Waals surface area contributed by atoms with Gasteiger partial charge in [-0.3, -0.25) is 14.5 Å². The number of fused-ring (bicyclic) bond motifs is 1. The summed E-state index contributed by atoms with van der Waals surface area (Å²) in [4.78, 5) is 26.1. The fourth-order valence-electron chi connectivity index (χ4n) is 3.24. The number of imide groups is 1. The van der Waals surface area contributed by atoms with E-state index in [9.17, 15) is 9.59 Å². The fraction of sp³-hybridized carbons (Fsp3) is 0.857. The van der Waals surface area contributed by atoms with Gasteiger partial charge in [-0.15, -0.1) is 0 Å². The van der Waals surface area contributed by atoms with Gasteiger partial charge in [0.2, 0.25) is 11.8 Å². The van der Waals surface area contributed by atoms with Gasteiger partial charge in [0.15, 0.2) is 0 Å². The Balaban J connectivity index is 2.08. The van der Waals surface area contributed by atoms with Crippen molar-refractivity contribution in [1.29, 1.82) is 0 Å². The van der Waals surface area contributed by atoms with Gasteiger partial charge in [-0.05, 0) is 36.3 Å². The Morgan fingerprint density at radius 1 is 1.22 bits per heavy atom. The number of hydrogen-bond acceptors (Lipinski definition) is 3. The second-order valence-electron chi connectivity index (χ2n) is 6.26. The number of carbonyl (C=O) groups excluding carboxylic acids is 2. The van der Waals surface area contributed by atoms with Gasteiger partial charge in [-0.2, -0.15) is 12.6 Å². The number of rotatable bonds is 4. The van der Waals surface area contributed by atoms with Gasteiger partial charge in [0.05, 0.1) is 11.8 Å². The molecule has 1 aliphatic carbocycles. The first-order valence-corrected chi connectivity index (χ1v) is 7.55. The molecule has 1 heterocycles. The molecule has 1 saturated carbocycles. The van der Waals surface area contributed by atoms with Gasteiger partial charge in [0, 0.05) is 6.54 Å². The zero-order chi connectivity index (χ0) is 13.4. The van der Waals surface area contributed by atoms with Crippen molar-refractivity contribution in [3.05, 3.63) is 0 Å². The Morgan fingerprint density at radius 2 is 1.72 bits per heavy atom. The van der Waals surface area contributed by atoms with Crippen molar-refractivity contribution in [2.24, 2.45) is 29.6 Å². The highest BCUT2D eigenvalue weighted by Gasteiger charge is 2.51. The van der Waals surface area contributed by atoms with Crippen molar-refractivity contribution in [1.82, 2.24) is 4.90 Å². The molecule has 0 N–H and O–H groups in total. The molecule has 1 saturated heterocycles. The van der Waals surface area contributed by atoms with Crippen molar-refractivity contribution in [3.8, 4) is 0 Å². The first-order valence-electron chi connectivity index (χ1n) is 6.91. The van der Waals surface area contributed by atoms with E-state index in [0.717, 1.165) is 18.6 Å². The summed E-state index contributed by atoms with van der Waals surface area (Å²) in [5, 5.41) is 0. The Hall–Kier alpha value is -0.510. The molecule has 3 nitrogen and oxygen atoms in total. The van der Waals surface area contributed by atoms with Crippen molar-refractivity contribution >= 4 is 24.4 Å². The van der Waals surface area contributed by atoms with Crippen molar-refractivity contribution in [2.75, 3.05) is 12.3 Å². The summed E-state index contributed by atoms with van der Waals surface area (Å²) in [7, 11) is 0. The van der Waals surface area contributed by atoms with Crippen LogP contribution >= 0.6 is 12.6 Å². The summed E-state index contributed by atoms with van der Waals surface area (Å²) in [6, 6.07) is 0. The molecule has 0 spiro atoms. The van der Waals surface area contributed by atoms with Crippen LogP contribution in [-0.2, 0) is 9.59 Å². The lowest BCUT2D eigenvalue weighted by atomic mass is 9.97. The van der Waals surface area contributed by atoms with Crippen LogP contribution in [0, 0.1) is 29.6 Å². The fourth-order valence-corrected chi connectivity index (χ4v) is 3.78. The Kier molecular flexibility index (Phi) is 4.05. The van der Waals surface area contributed by atoms with Gasteiger partial charge in [-0.1, -0.05) is 20.8 Å². The maximum absolute atomic E-state index is 12.3. The van der Waals surface area contributed by atoms with E-state index in [0.29, 0.717) is 24.3 Å². The minimum absolute atomic E-state index is 0.0276. The van der Waals surface area contributed by atoms with Crippen LogP contribution in [0.25, 0.3) is 0 Å². The molecule has 3 unspecified atom stereocenters. The topological polar surface area (TPSA) is 37.4 Å². The third kappa shape index (κ3) is 2.31. The van der Waals surface area contributed by atoms with Crippen LogP contribution in [-0.4, -0.2) is 29.0 Å². The largest absolute Gasteiger partial charge is 0.282 e. The second-order valence-corrected chi connectivity index (χ2v) is 6.63. The highest BCUT2D eigenvalue weighted by atomic mass is 32.1. The number of thiol groups is 1. The smallest absolute Gasteiger partial charge is 0.233 e. The van der Waals surface area contributed by atoms with E-state index in [-0.39, 0.29) is 23.7 Å². The van der Waals surface area contributed by atoms with Crippen LogP contribution in [0.4, 0.5) is 0 Å². The molecule has 0 bridgehead atoms. The molecule has 2 rings (SSSR count). The van der Waals surface area contributed by atoms with E-state index in [1.54, 1.807) is 0 Å². The van der Waals surface area contributed by atoms with Crippen LogP contribution in [0.15, 0.2) is 0 Å². The van der Waals surface area contributed by atoms with E-state index in [1.807, 2.05) is 0 Å². The monoisotopic (exact) mass is 269 g/mol. The molecule has 102 valence electrons. The summed E-state index contributed by atoms with van der Waals surface area (Å²) < 4.78 is 0. The van der Waals surface area contributed by atoms with Crippen LogP contribution < -0.4 is 0 Å². The van der Waals surface area contributed by atoms with Gasteiger partial charge in [-0.25, -0.2) is 0 Å². The second kappa shape index (κ2) is 5.24. The molecule has 4 heteroatoms. The number of hydrogen-bond donors (Lipinski definition) is 1. The number of amides is 2. The molecule has 1 aliphatic heterocycles. The minimum Gasteiger partial charge on any atom is -0.282 e. The van der Waals surface area contributed by atoms with Crippen molar-refractivity contribution < 1.29 is 9.59 Å².